The fraction of sp³-hybridized carbons (Fsp3) is 0.619. The first-order valence-electron chi connectivity index (χ1n) is 10.1. The molecule has 1 aliphatic carbocycles. The van der Waals surface area contributed by atoms with Crippen molar-refractivity contribution in [1.82, 2.24) is 15.5 Å². The minimum absolute atomic E-state index is 0. The Morgan fingerprint density at radius 3 is 2.54 bits per heavy atom. The minimum atomic E-state index is 0. The predicted octanol–water partition coefficient (Wildman–Crippen LogP) is 3.16. The number of ether oxygens (including phenoxy) is 1. The van der Waals surface area contributed by atoms with Crippen LogP contribution in [-0.4, -0.2) is 50.1 Å². The van der Waals surface area contributed by atoms with E-state index >= 15 is 0 Å². The Bertz CT molecular complexity index is 656. The van der Waals surface area contributed by atoms with Crippen molar-refractivity contribution >= 4 is 35.8 Å². The highest BCUT2D eigenvalue weighted by Gasteiger charge is 2.23. The average Bonchev–Trinajstić information content (AvgIpc) is 2.67. The Hall–Kier alpha value is -1.51. The van der Waals surface area contributed by atoms with E-state index in [2.05, 4.69) is 38.7 Å². The zero-order valence-corrected chi connectivity index (χ0v) is 19.3. The highest BCUT2D eigenvalue weighted by Crippen LogP contribution is 2.27. The Balaban J connectivity index is 0.00000280. The molecule has 0 atom stereocenters. The molecular formula is C21H33IN4O2. The highest BCUT2D eigenvalue weighted by atomic mass is 127. The van der Waals surface area contributed by atoms with E-state index in [1.54, 1.807) is 7.05 Å². The van der Waals surface area contributed by atoms with Gasteiger partial charge in [-0.3, -0.25) is 9.79 Å². The van der Waals surface area contributed by atoms with Crippen LogP contribution in [0.15, 0.2) is 29.3 Å². The molecule has 1 heterocycles. The molecule has 1 aliphatic heterocycles. The summed E-state index contributed by atoms with van der Waals surface area (Å²) in [5.41, 5.74) is 1.17. The van der Waals surface area contributed by atoms with Gasteiger partial charge >= 0.3 is 0 Å². The van der Waals surface area contributed by atoms with E-state index in [9.17, 15) is 4.79 Å². The molecule has 0 aromatic heterocycles. The summed E-state index contributed by atoms with van der Waals surface area (Å²) in [6.07, 6.45) is 6.65. The van der Waals surface area contributed by atoms with Gasteiger partial charge in [0.2, 0.25) is 5.91 Å². The second-order valence-electron chi connectivity index (χ2n) is 7.49. The molecular weight excluding hydrogens is 467 g/mol. The quantitative estimate of drug-likeness (QED) is 0.358. The lowest BCUT2D eigenvalue weighted by Gasteiger charge is -2.34. The van der Waals surface area contributed by atoms with E-state index in [-0.39, 0.29) is 29.9 Å². The average molecular weight is 500 g/mol. The second kappa shape index (κ2) is 11.5. The molecule has 1 aromatic carbocycles. The van der Waals surface area contributed by atoms with Gasteiger partial charge in [0.05, 0.1) is 6.10 Å². The highest BCUT2D eigenvalue weighted by molar-refractivity contribution is 14.0. The van der Waals surface area contributed by atoms with E-state index < -0.39 is 0 Å². The number of hydrogen-bond donors (Lipinski definition) is 2. The third-order valence-electron chi connectivity index (χ3n) is 5.63. The van der Waals surface area contributed by atoms with Crippen molar-refractivity contribution in [3.05, 3.63) is 29.8 Å². The molecule has 1 saturated carbocycles. The number of nitrogens with zero attached hydrogens (tertiary/aromatic N) is 2. The Labute approximate surface area is 185 Å². The third-order valence-corrected chi connectivity index (χ3v) is 5.63. The smallest absolute Gasteiger partial charge is 0.220 e. The van der Waals surface area contributed by atoms with Gasteiger partial charge in [0.15, 0.2) is 5.96 Å². The number of aliphatic imine (C=N–C) groups is 1. The van der Waals surface area contributed by atoms with E-state index in [1.807, 2.05) is 13.1 Å². The number of piperidine rings is 1. The third kappa shape index (κ3) is 6.25. The molecule has 28 heavy (non-hydrogen) atoms. The molecule has 0 unspecified atom stereocenters. The summed E-state index contributed by atoms with van der Waals surface area (Å²) in [4.78, 5) is 18.3. The molecule has 1 amide bonds. The zero-order valence-electron chi connectivity index (χ0n) is 16.9. The number of benzene rings is 1. The maximum atomic E-state index is 11.6. The molecule has 0 radical (unpaired) electrons. The summed E-state index contributed by atoms with van der Waals surface area (Å²) < 4.78 is 6.12. The molecule has 3 rings (SSSR count). The molecule has 1 saturated heterocycles. The maximum absolute atomic E-state index is 11.6. The number of carbonyl (C=O) groups excluding carboxylic acids is 1. The van der Waals surface area contributed by atoms with Crippen LogP contribution in [0.25, 0.3) is 0 Å². The minimum Gasteiger partial charge on any atom is -0.490 e. The van der Waals surface area contributed by atoms with Crippen LogP contribution in [-0.2, 0) is 11.3 Å². The molecule has 2 aliphatic rings. The number of amides is 1. The number of hydrogen-bond acceptors (Lipinski definition) is 3. The number of likely N-dealkylation sites (tertiary alicyclic amines) is 1. The number of guanidine groups is 1. The molecule has 0 spiro atoms. The first kappa shape index (κ1) is 22.8. The van der Waals surface area contributed by atoms with Crippen molar-refractivity contribution in [2.75, 3.05) is 27.2 Å². The van der Waals surface area contributed by atoms with Gasteiger partial charge in [-0.05, 0) is 44.1 Å². The van der Waals surface area contributed by atoms with Gasteiger partial charge in [0, 0.05) is 45.7 Å². The fourth-order valence-electron chi connectivity index (χ4n) is 3.65. The van der Waals surface area contributed by atoms with E-state index in [0.717, 1.165) is 50.5 Å². The molecule has 2 N–H and O–H groups in total. The van der Waals surface area contributed by atoms with Crippen molar-refractivity contribution in [2.45, 2.75) is 51.2 Å². The van der Waals surface area contributed by atoms with Crippen molar-refractivity contribution in [2.24, 2.45) is 10.9 Å². The van der Waals surface area contributed by atoms with Crippen molar-refractivity contribution in [3.63, 3.8) is 0 Å². The largest absolute Gasteiger partial charge is 0.490 e. The Morgan fingerprint density at radius 2 is 1.93 bits per heavy atom. The molecule has 0 bridgehead atoms. The normalized spacial score (nSPS) is 18.1. The van der Waals surface area contributed by atoms with E-state index in [4.69, 9.17) is 4.74 Å². The molecule has 7 heteroatoms. The van der Waals surface area contributed by atoms with Crippen molar-refractivity contribution in [1.29, 1.82) is 0 Å². The second-order valence-corrected chi connectivity index (χ2v) is 7.49. The van der Waals surface area contributed by atoms with E-state index in [1.165, 1.54) is 12.0 Å². The number of halogens is 1. The predicted molar refractivity (Wildman–Crippen MR) is 123 cm³/mol. The summed E-state index contributed by atoms with van der Waals surface area (Å²) in [7, 11) is 3.53. The van der Waals surface area contributed by atoms with Crippen LogP contribution in [0.1, 0.15) is 44.1 Å². The van der Waals surface area contributed by atoms with Gasteiger partial charge in [-0.15, -0.1) is 24.0 Å². The molecule has 2 fully saturated rings. The standard InChI is InChI=1S/C21H32N4O2.HI/c1-22-20(26)14-16-10-12-25(13-11-16)21(23-2)24-15-17-6-3-4-9-19(17)27-18-7-5-8-18;/h3-4,6,9,16,18H,5,7-8,10-15H2,1-2H3,(H,22,26)(H,23,24);1H. The van der Waals surface area contributed by atoms with Gasteiger partial charge in [-0.1, -0.05) is 18.2 Å². The SMILES string of the molecule is CN=C(NCc1ccccc1OC1CCC1)N1CCC(CC(=O)NC)CC1.I. The van der Waals surface area contributed by atoms with Crippen molar-refractivity contribution < 1.29 is 9.53 Å². The fourth-order valence-corrected chi connectivity index (χ4v) is 3.65. The Kier molecular flexibility index (Phi) is 9.34. The maximum Gasteiger partial charge on any atom is 0.220 e. The van der Waals surface area contributed by atoms with Crippen LogP contribution in [0.3, 0.4) is 0 Å². The summed E-state index contributed by atoms with van der Waals surface area (Å²) in [5, 5.41) is 6.21. The van der Waals surface area contributed by atoms with Crippen LogP contribution in [0.5, 0.6) is 5.75 Å². The molecule has 1 aromatic rings. The van der Waals surface area contributed by atoms with Crippen LogP contribution in [0, 0.1) is 5.92 Å². The van der Waals surface area contributed by atoms with Crippen LogP contribution >= 0.6 is 24.0 Å². The lowest BCUT2D eigenvalue weighted by atomic mass is 9.93. The van der Waals surface area contributed by atoms with Crippen LogP contribution in [0.4, 0.5) is 0 Å². The van der Waals surface area contributed by atoms with Gasteiger partial charge in [0.1, 0.15) is 5.75 Å². The van der Waals surface area contributed by atoms with Crippen LogP contribution in [0.2, 0.25) is 0 Å². The summed E-state index contributed by atoms with van der Waals surface area (Å²) in [6, 6.07) is 8.26. The van der Waals surface area contributed by atoms with Gasteiger partial charge in [-0.2, -0.15) is 0 Å². The lowest BCUT2D eigenvalue weighted by molar-refractivity contribution is -0.121. The first-order chi connectivity index (χ1) is 13.2. The van der Waals surface area contributed by atoms with Gasteiger partial charge in [-0.25, -0.2) is 0 Å². The van der Waals surface area contributed by atoms with Crippen LogP contribution < -0.4 is 15.4 Å². The first-order valence-corrected chi connectivity index (χ1v) is 10.1. The monoisotopic (exact) mass is 500 g/mol. The number of carbonyl (C=O) groups is 1. The summed E-state index contributed by atoms with van der Waals surface area (Å²) in [5.74, 6) is 2.51. The zero-order chi connectivity index (χ0) is 19.1. The van der Waals surface area contributed by atoms with Gasteiger partial charge < -0.3 is 20.3 Å². The molecule has 156 valence electrons. The molecule has 6 nitrogen and oxygen atoms in total. The summed E-state index contributed by atoms with van der Waals surface area (Å²) in [6.45, 7) is 2.57. The number of para-hydroxylation sites is 1. The van der Waals surface area contributed by atoms with Crippen molar-refractivity contribution in [3.8, 4) is 5.75 Å². The lowest BCUT2D eigenvalue weighted by Crippen LogP contribution is -2.45. The van der Waals surface area contributed by atoms with E-state index in [0.29, 0.717) is 25.0 Å². The number of rotatable bonds is 6. The number of nitrogens with one attached hydrogen (secondary N) is 2. The Morgan fingerprint density at radius 1 is 1.21 bits per heavy atom. The van der Waals surface area contributed by atoms with Gasteiger partial charge in [0.25, 0.3) is 0 Å². The topological polar surface area (TPSA) is 66.0 Å². The summed E-state index contributed by atoms with van der Waals surface area (Å²) >= 11 is 0.